The number of nitrogens with one attached hydrogen (secondary N) is 2. The number of amides is 1. The molecule has 3 rings (SSSR count). The van der Waals surface area contributed by atoms with Gasteiger partial charge < -0.3 is 19.5 Å². The Bertz CT molecular complexity index is 1040. The fourth-order valence-corrected chi connectivity index (χ4v) is 2.78. The molecule has 2 heterocycles. The number of halogens is 3. The van der Waals surface area contributed by atoms with Crippen molar-refractivity contribution in [3.63, 3.8) is 0 Å². The van der Waals surface area contributed by atoms with E-state index in [-0.39, 0.29) is 17.7 Å². The molecule has 1 aromatic carbocycles. The summed E-state index contributed by atoms with van der Waals surface area (Å²) in [5.41, 5.74) is -1.09. The number of alkyl halides is 3. The van der Waals surface area contributed by atoms with Gasteiger partial charge in [0.05, 0.1) is 30.2 Å². The van der Waals surface area contributed by atoms with Crippen molar-refractivity contribution >= 4 is 5.91 Å². The first-order valence-electron chi connectivity index (χ1n) is 8.53. The highest BCUT2D eigenvalue weighted by Crippen LogP contribution is 2.31. The summed E-state index contributed by atoms with van der Waals surface area (Å²) >= 11 is 0. The lowest BCUT2D eigenvalue weighted by Gasteiger charge is -2.19. The zero-order chi connectivity index (χ0) is 21.0. The van der Waals surface area contributed by atoms with E-state index in [0.717, 1.165) is 12.1 Å². The molecular weight excluding hydrogens is 389 g/mol. The smallest absolute Gasteiger partial charge is 0.416 e. The summed E-state index contributed by atoms with van der Waals surface area (Å²) in [5.74, 6) is -0.313. The Morgan fingerprint density at radius 3 is 2.62 bits per heavy atom. The van der Waals surface area contributed by atoms with Gasteiger partial charge in [0, 0.05) is 7.11 Å². The lowest BCUT2D eigenvalue weighted by molar-refractivity contribution is -0.137. The van der Waals surface area contributed by atoms with Crippen molar-refractivity contribution in [3.8, 4) is 11.5 Å². The van der Waals surface area contributed by atoms with Gasteiger partial charge in [0.2, 0.25) is 0 Å². The number of furan rings is 1. The monoisotopic (exact) mass is 406 g/mol. The first-order valence-corrected chi connectivity index (χ1v) is 8.53. The highest BCUT2D eigenvalue weighted by molar-refractivity contribution is 5.94. The van der Waals surface area contributed by atoms with Gasteiger partial charge in [-0.3, -0.25) is 9.59 Å². The Kier molecular flexibility index (Phi) is 5.88. The normalized spacial score (nSPS) is 12.6. The van der Waals surface area contributed by atoms with E-state index >= 15 is 0 Å². The van der Waals surface area contributed by atoms with Crippen LogP contribution in [0.4, 0.5) is 13.2 Å². The van der Waals surface area contributed by atoms with E-state index in [1.54, 1.807) is 12.1 Å². The van der Waals surface area contributed by atoms with Crippen molar-refractivity contribution in [3.05, 3.63) is 81.8 Å². The van der Waals surface area contributed by atoms with Gasteiger partial charge in [0.15, 0.2) is 0 Å². The van der Waals surface area contributed by atoms with Gasteiger partial charge in [0.1, 0.15) is 11.3 Å². The molecule has 0 radical (unpaired) electrons. The highest BCUT2D eigenvalue weighted by atomic mass is 19.4. The van der Waals surface area contributed by atoms with Gasteiger partial charge in [-0.1, -0.05) is 12.1 Å². The number of carbonyl (C=O) groups is 1. The molecule has 0 bridgehead atoms. The van der Waals surface area contributed by atoms with E-state index in [9.17, 15) is 22.8 Å². The molecule has 0 aliphatic rings. The summed E-state index contributed by atoms with van der Waals surface area (Å²) in [4.78, 5) is 27.4. The van der Waals surface area contributed by atoms with Crippen molar-refractivity contribution in [2.75, 3.05) is 13.7 Å². The van der Waals surface area contributed by atoms with E-state index in [2.05, 4.69) is 10.3 Å². The van der Waals surface area contributed by atoms with Gasteiger partial charge in [-0.05, 0) is 42.0 Å². The average Bonchev–Trinajstić information content (AvgIpc) is 3.21. The van der Waals surface area contributed by atoms with Gasteiger partial charge in [-0.25, -0.2) is 0 Å². The van der Waals surface area contributed by atoms with Crippen LogP contribution in [0, 0.1) is 0 Å². The predicted octanol–water partition coefficient (Wildman–Crippen LogP) is 3.77. The van der Waals surface area contributed by atoms with Crippen molar-refractivity contribution in [2.45, 2.75) is 12.2 Å². The molecular formula is C20H17F3N2O4. The molecule has 1 amide bonds. The fourth-order valence-electron chi connectivity index (χ4n) is 2.78. The van der Waals surface area contributed by atoms with Crippen LogP contribution in [-0.2, 0) is 10.9 Å². The minimum atomic E-state index is -4.52. The van der Waals surface area contributed by atoms with Crippen LogP contribution in [0.3, 0.4) is 0 Å². The highest BCUT2D eigenvalue weighted by Gasteiger charge is 2.31. The van der Waals surface area contributed by atoms with E-state index in [0.29, 0.717) is 11.5 Å². The fraction of sp³-hybridized carbons (Fsp3) is 0.200. The van der Waals surface area contributed by atoms with Gasteiger partial charge in [0.25, 0.3) is 11.5 Å². The van der Waals surface area contributed by atoms with Gasteiger partial charge in [-0.2, -0.15) is 13.2 Å². The molecule has 6 nitrogen and oxygen atoms in total. The molecule has 2 N–H and O–H groups in total. The van der Waals surface area contributed by atoms with Crippen molar-refractivity contribution < 1.29 is 27.1 Å². The predicted molar refractivity (Wildman–Crippen MR) is 98.3 cm³/mol. The van der Waals surface area contributed by atoms with E-state index < -0.39 is 29.2 Å². The number of rotatable bonds is 6. The van der Waals surface area contributed by atoms with Gasteiger partial charge >= 0.3 is 6.18 Å². The second-order valence-electron chi connectivity index (χ2n) is 6.20. The number of pyridine rings is 1. The average molecular weight is 406 g/mol. The Morgan fingerprint density at radius 2 is 2.00 bits per heavy atom. The molecule has 9 heteroatoms. The maximum absolute atomic E-state index is 13.0. The van der Waals surface area contributed by atoms with Crippen LogP contribution in [0.25, 0.3) is 11.5 Å². The first-order chi connectivity index (χ1) is 13.8. The third kappa shape index (κ3) is 4.75. The van der Waals surface area contributed by atoms with E-state index in [4.69, 9.17) is 9.15 Å². The second-order valence-corrected chi connectivity index (χ2v) is 6.20. The summed E-state index contributed by atoms with van der Waals surface area (Å²) in [6.45, 7) is -0.0740. The zero-order valence-corrected chi connectivity index (χ0v) is 15.2. The van der Waals surface area contributed by atoms with Crippen LogP contribution >= 0.6 is 0 Å². The summed E-state index contributed by atoms with van der Waals surface area (Å²) in [5, 5.41) is 2.55. The number of ether oxygens (including phenoxy) is 1. The lowest BCUT2D eigenvalue weighted by atomic mass is 10.0. The number of hydrogen-bond acceptors (Lipinski definition) is 4. The summed E-state index contributed by atoms with van der Waals surface area (Å²) < 4.78 is 49.2. The Balaban J connectivity index is 1.84. The second kappa shape index (κ2) is 8.36. The molecule has 3 aromatic rings. The molecule has 0 saturated carbocycles. The third-order valence-electron chi connectivity index (χ3n) is 4.20. The number of aromatic amines is 1. The Morgan fingerprint density at radius 1 is 1.21 bits per heavy atom. The standard InChI is InChI=1S/C20H17F3N2O4/c1-28-11-16(12-4-2-5-13(10-12)20(21,22)23)25-19(27)14-7-8-15(24-18(14)26)17-6-3-9-29-17/h2-10,16H,11H2,1H3,(H,24,26)(H,25,27). The molecule has 0 aliphatic heterocycles. The summed E-state index contributed by atoms with van der Waals surface area (Å²) in [6.07, 6.45) is -3.07. The van der Waals surface area contributed by atoms with Gasteiger partial charge in [-0.15, -0.1) is 0 Å². The van der Waals surface area contributed by atoms with E-state index in [1.165, 1.54) is 37.6 Å². The van der Waals surface area contributed by atoms with Crippen molar-refractivity contribution in [1.29, 1.82) is 0 Å². The quantitative estimate of drug-likeness (QED) is 0.653. The third-order valence-corrected chi connectivity index (χ3v) is 4.20. The number of aromatic nitrogens is 1. The molecule has 0 aliphatic carbocycles. The SMILES string of the molecule is COCC(NC(=O)c1ccc(-c2ccco2)[nH]c1=O)c1cccc(C(F)(F)F)c1. The minimum absolute atomic E-state index is 0.0740. The molecule has 1 atom stereocenters. The molecule has 2 aromatic heterocycles. The summed E-state index contributed by atoms with van der Waals surface area (Å²) in [7, 11) is 1.36. The number of methoxy groups -OCH3 is 1. The van der Waals surface area contributed by atoms with Crippen LogP contribution in [0.2, 0.25) is 0 Å². The largest absolute Gasteiger partial charge is 0.463 e. The van der Waals surface area contributed by atoms with Crippen LogP contribution in [0.5, 0.6) is 0 Å². The molecule has 0 fully saturated rings. The van der Waals surface area contributed by atoms with Crippen LogP contribution < -0.4 is 10.9 Å². The molecule has 0 spiro atoms. The van der Waals surface area contributed by atoms with Crippen LogP contribution in [-0.4, -0.2) is 24.6 Å². The Hall–Kier alpha value is -3.33. The maximum atomic E-state index is 13.0. The first kappa shape index (κ1) is 20.4. The van der Waals surface area contributed by atoms with Crippen LogP contribution in [0.1, 0.15) is 27.5 Å². The molecule has 152 valence electrons. The topological polar surface area (TPSA) is 84.3 Å². The Labute approximate surface area is 163 Å². The summed E-state index contributed by atoms with van der Waals surface area (Å²) in [6, 6.07) is 9.82. The maximum Gasteiger partial charge on any atom is 0.416 e. The molecule has 0 saturated heterocycles. The minimum Gasteiger partial charge on any atom is -0.463 e. The number of benzene rings is 1. The zero-order valence-electron chi connectivity index (χ0n) is 15.2. The molecule has 1 unspecified atom stereocenters. The van der Waals surface area contributed by atoms with Crippen molar-refractivity contribution in [2.24, 2.45) is 0 Å². The number of H-pyrrole nitrogens is 1. The molecule has 29 heavy (non-hydrogen) atoms. The number of carbonyl (C=O) groups excluding carboxylic acids is 1. The number of hydrogen-bond donors (Lipinski definition) is 2. The van der Waals surface area contributed by atoms with E-state index in [1.807, 2.05) is 0 Å². The van der Waals surface area contributed by atoms with Crippen molar-refractivity contribution in [1.82, 2.24) is 10.3 Å². The van der Waals surface area contributed by atoms with Crippen LogP contribution in [0.15, 0.2) is 64.0 Å². The lowest BCUT2D eigenvalue weighted by Crippen LogP contribution is -2.35.